The molecule has 64 valence electrons. The van der Waals surface area contributed by atoms with Crippen molar-refractivity contribution < 1.29 is 0 Å². The van der Waals surface area contributed by atoms with Crippen molar-refractivity contribution in [1.29, 1.82) is 0 Å². The molecule has 0 N–H and O–H groups in total. The lowest BCUT2D eigenvalue weighted by Gasteiger charge is -3.07. The molecule has 0 bridgehead atoms. The van der Waals surface area contributed by atoms with E-state index < -0.39 is 0 Å². The summed E-state index contributed by atoms with van der Waals surface area (Å²) in [5.41, 5.74) is 0. The van der Waals surface area contributed by atoms with Gasteiger partial charge in [0.05, 0.1) is 0 Å². The third kappa shape index (κ3) is 0.323. The summed E-state index contributed by atoms with van der Waals surface area (Å²) in [4.78, 5) is 0. The maximum absolute atomic E-state index is 2.74. The second kappa shape index (κ2) is 1.45. The molecule has 6 fully saturated rings. The number of rotatable bonds is 0. The maximum atomic E-state index is 2.74. The fourth-order valence-corrected chi connectivity index (χ4v) is 1170. The topological polar surface area (TPSA) is 0 Å². The molecule has 6 rings (SSSR count). The molecular formula is C4H16Si8. The van der Waals surface area contributed by atoms with Crippen molar-refractivity contribution in [2.45, 2.75) is 25.8 Å². The standard InChI is InChI=1S/C4H16Si8/c1-4(2,3)12-9-6-5-7(9)11(12)8(5)10(6)12/h5-11H,1-3H3. The lowest BCUT2D eigenvalue weighted by molar-refractivity contribution is 0.750. The minimum absolute atomic E-state index is 0.0249. The molecule has 0 spiro atoms. The summed E-state index contributed by atoms with van der Waals surface area (Å²) in [5.74, 6) is 0. The lowest BCUT2D eigenvalue weighted by Crippen LogP contribution is -3.43. The third-order valence-electron chi connectivity index (χ3n) is 6.78. The molecule has 0 atom stereocenters. The maximum Gasteiger partial charge on any atom is 0.0157 e. The average molecular weight is 289 g/mol. The van der Waals surface area contributed by atoms with Gasteiger partial charge < -0.3 is 0 Å². The second-order valence-corrected chi connectivity index (χ2v) is 126. The van der Waals surface area contributed by atoms with Crippen LogP contribution in [0.3, 0.4) is 0 Å². The van der Waals surface area contributed by atoms with E-state index in [2.05, 4.69) is 20.8 Å². The van der Waals surface area contributed by atoms with Crippen molar-refractivity contribution in [1.82, 2.24) is 0 Å². The largest absolute Gasteiger partial charge is 0.0634 e. The van der Waals surface area contributed by atoms with Gasteiger partial charge in [0.15, 0.2) is 0 Å². The molecule has 6 saturated heterocycles. The van der Waals surface area contributed by atoms with Crippen LogP contribution >= 0.6 is 0 Å². The summed E-state index contributed by atoms with van der Waals surface area (Å²) >= 11 is 0. The first-order chi connectivity index (χ1) is 5.62. The van der Waals surface area contributed by atoms with Crippen LogP contribution in [0.5, 0.6) is 0 Å². The quantitative estimate of drug-likeness (QED) is 0.413. The van der Waals surface area contributed by atoms with E-state index in [4.69, 9.17) is 0 Å². The summed E-state index contributed by atoms with van der Waals surface area (Å²) in [6, 6.07) is 0. The Hall–Kier alpha value is 1.74. The SMILES string of the molecule is CC(C)(C)[Si]12[SiH]3[SiH]4[SiH]5[SiH]3[SiH]1[SiH]5[SiH]42. The van der Waals surface area contributed by atoms with Gasteiger partial charge in [-0.2, -0.15) is 0 Å². The van der Waals surface area contributed by atoms with E-state index in [9.17, 15) is 0 Å². The van der Waals surface area contributed by atoms with Gasteiger partial charge in [-0.3, -0.25) is 0 Å². The minimum Gasteiger partial charge on any atom is -0.0634 e. The second-order valence-electron chi connectivity index (χ2n) is 7.07. The van der Waals surface area contributed by atoms with Gasteiger partial charge in [0.25, 0.3) is 0 Å². The van der Waals surface area contributed by atoms with Gasteiger partial charge in [0.1, 0.15) is 0 Å². The van der Waals surface area contributed by atoms with Crippen molar-refractivity contribution in [2.24, 2.45) is 0 Å². The Bertz CT molecular complexity index is 280. The molecule has 0 aromatic carbocycles. The Morgan fingerprint density at radius 3 is 1.42 bits per heavy atom. The molecule has 0 amide bonds. The predicted octanol–water partition coefficient (Wildman–Crippen LogP) is -3.17. The van der Waals surface area contributed by atoms with Crippen molar-refractivity contribution in [2.75, 3.05) is 0 Å². The molecule has 8 heteroatoms. The van der Waals surface area contributed by atoms with Crippen LogP contribution in [0.25, 0.3) is 0 Å². The Balaban J connectivity index is 1.72. The Morgan fingerprint density at radius 1 is 0.750 bits per heavy atom. The van der Waals surface area contributed by atoms with E-state index >= 15 is 0 Å². The Kier molecular flexibility index (Phi) is 0.858. The van der Waals surface area contributed by atoms with Gasteiger partial charge in [0, 0.05) is 6.63 Å². The monoisotopic (exact) mass is 288 g/mol. The van der Waals surface area contributed by atoms with Gasteiger partial charge in [-0.25, -0.2) is 0 Å². The van der Waals surface area contributed by atoms with Crippen molar-refractivity contribution in [3.05, 3.63) is 0 Å². The van der Waals surface area contributed by atoms with Gasteiger partial charge in [-0.1, -0.05) is 25.8 Å². The van der Waals surface area contributed by atoms with E-state index in [0.717, 1.165) is 5.04 Å². The van der Waals surface area contributed by atoms with Crippen LogP contribution in [0.2, 0.25) is 5.04 Å². The van der Waals surface area contributed by atoms with Gasteiger partial charge in [-0.05, 0) is 51.4 Å². The van der Waals surface area contributed by atoms with Crippen LogP contribution in [-0.2, 0) is 0 Å². The van der Waals surface area contributed by atoms with E-state index in [1.165, 1.54) is 0 Å². The summed E-state index contributed by atoms with van der Waals surface area (Å²) in [6.07, 6.45) is 0. The van der Waals surface area contributed by atoms with Gasteiger partial charge >= 0.3 is 0 Å². The van der Waals surface area contributed by atoms with Crippen molar-refractivity contribution in [3.63, 3.8) is 0 Å². The highest BCUT2D eigenvalue weighted by Gasteiger charge is 3.07. The fraction of sp³-hybridized carbons (Fsp3) is 1.00. The highest BCUT2D eigenvalue weighted by Crippen LogP contribution is 2.74. The predicted molar refractivity (Wildman–Crippen MR) is 75.5 cm³/mol. The Labute approximate surface area is 83.5 Å². The zero-order valence-corrected chi connectivity index (χ0v) is 17.1. The molecule has 6 heterocycles. The molecule has 0 radical (unpaired) electrons. The van der Waals surface area contributed by atoms with Crippen LogP contribution < -0.4 is 0 Å². The molecule has 0 aromatic rings. The van der Waals surface area contributed by atoms with Crippen LogP contribution in [0.15, 0.2) is 0 Å². The zero-order valence-electron chi connectivity index (χ0n) is 8.04. The Morgan fingerprint density at radius 2 is 1.17 bits per heavy atom. The molecule has 6 aliphatic rings. The molecule has 0 saturated carbocycles. The van der Waals surface area contributed by atoms with Crippen LogP contribution in [0, 0.1) is 0 Å². The third-order valence-corrected chi connectivity index (χ3v) is 428. The molecule has 0 aromatic heterocycles. The smallest absolute Gasteiger partial charge is 0.0157 e. The van der Waals surface area contributed by atoms with Crippen molar-refractivity contribution in [3.8, 4) is 0 Å². The molecule has 0 nitrogen and oxygen atoms in total. The first-order valence-electron chi connectivity index (χ1n) is 5.62. The summed E-state index contributed by atoms with van der Waals surface area (Å²) in [6.45, 7) is 8.25. The minimum atomic E-state index is 0.0249. The van der Waals surface area contributed by atoms with Gasteiger partial charge in [0.2, 0.25) is 0 Å². The molecule has 12 heavy (non-hydrogen) atoms. The lowest BCUT2D eigenvalue weighted by atomic mass is 10.3. The average Bonchev–Trinajstić information content (AvgIpc) is 2.03. The normalized spacial score (nSPS) is 83.8. The first kappa shape index (κ1) is 7.08. The van der Waals surface area contributed by atoms with E-state index in [1.807, 2.05) is 0 Å². The highest BCUT2D eigenvalue weighted by atomic mass is 31.1. The summed E-state index contributed by atoms with van der Waals surface area (Å²) < 4.78 is 0. The summed E-state index contributed by atoms with van der Waals surface area (Å²) in [7, 11) is 4.05. The van der Waals surface area contributed by atoms with Crippen LogP contribution in [0.4, 0.5) is 0 Å². The van der Waals surface area contributed by atoms with E-state index in [-0.39, 0.29) is 6.63 Å². The highest BCUT2D eigenvalue weighted by molar-refractivity contribution is 8.78. The number of hydrogen-bond acceptors (Lipinski definition) is 0. The van der Waals surface area contributed by atoms with Crippen LogP contribution in [0.1, 0.15) is 20.8 Å². The first-order valence-corrected chi connectivity index (χ1v) is 37.0. The zero-order chi connectivity index (χ0) is 8.04. The fourth-order valence-electron chi connectivity index (χ4n) is 6.93. The van der Waals surface area contributed by atoms with E-state index in [0.29, 0.717) is 51.4 Å². The van der Waals surface area contributed by atoms with Crippen LogP contribution in [-0.4, -0.2) is 58.1 Å². The molecule has 0 unspecified atom stereocenters. The van der Waals surface area contributed by atoms with Crippen molar-refractivity contribution >= 4 is 58.1 Å². The van der Waals surface area contributed by atoms with Gasteiger partial charge in [-0.15, -0.1) is 0 Å². The molecular weight excluding hydrogens is 273 g/mol. The summed E-state index contributed by atoms with van der Waals surface area (Å²) in [5, 5.41) is 1.09. The molecule has 6 aliphatic heterocycles. The molecule has 0 aliphatic carbocycles. The number of hydrogen-bond donors (Lipinski definition) is 0. The van der Waals surface area contributed by atoms with E-state index in [1.54, 1.807) is 0 Å².